The van der Waals surface area contributed by atoms with Crippen LogP contribution in [-0.2, 0) is 17.6 Å². The number of hydrogen-bond donors (Lipinski definition) is 2. The molecular formula is C21H22FN3O3. The van der Waals surface area contributed by atoms with Crippen LogP contribution >= 0.6 is 0 Å². The van der Waals surface area contributed by atoms with E-state index in [0.29, 0.717) is 24.0 Å². The highest BCUT2D eigenvalue weighted by Gasteiger charge is 2.15. The first-order valence-electron chi connectivity index (χ1n) is 9.11. The minimum Gasteiger partial charge on any atom is -0.478 e. The van der Waals surface area contributed by atoms with E-state index < -0.39 is 11.8 Å². The van der Waals surface area contributed by atoms with E-state index in [4.69, 9.17) is 5.11 Å². The lowest BCUT2D eigenvalue weighted by Gasteiger charge is -2.13. The molecule has 0 unspecified atom stereocenters. The first-order chi connectivity index (χ1) is 13.4. The largest absolute Gasteiger partial charge is 0.478 e. The molecule has 146 valence electrons. The van der Waals surface area contributed by atoms with Crippen LogP contribution in [0.1, 0.15) is 41.6 Å². The average molecular weight is 383 g/mol. The third kappa shape index (κ3) is 4.19. The smallest absolute Gasteiger partial charge is 0.335 e. The molecule has 1 amide bonds. The Morgan fingerprint density at radius 1 is 1.21 bits per heavy atom. The normalized spacial score (nSPS) is 11.1. The fraction of sp³-hybridized carbons (Fsp3) is 0.286. The quantitative estimate of drug-likeness (QED) is 0.655. The van der Waals surface area contributed by atoms with Gasteiger partial charge in [-0.1, -0.05) is 18.2 Å². The Morgan fingerprint density at radius 3 is 2.64 bits per heavy atom. The fourth-order valence-electron chi connectivity index (χ4n) is 3.23. The Kier molecular flexibility index (Phi) is 5.73. The molecule has 7 heteroatoms. The minimum absolute atomic E-state index is 0.0186. The molecule has 0 radical (unpaired) electrons. The SMILES string of the molecule is CC(C)n1c(CCNC(=O)Cc2ccccc2F)nc2cc(C(=O)O)ccc21. The van der Waals surface area contributed by atoms with Crippen LogP contribution in [0.4, 0.5) is 4.39 Å². The molecule has 3 aromatic rings. The number of aromatic carboxylic acids is 1. The van der Waals surface area contributed by atoms with E-state index >= 15 is 0 Å². The van der Waals surface area contributed by atoms with Crippen LogP contribution in [0.3, 0.4) is 0 Å². The van der Waals surface area contributed by atoms with Crippen molar-refractivity contribution >= 4 is 22.9 Å². The van der Waals surface area contributed by atoms with Crippen LogP contribution in [0.15, 0.2) is 42.5 Å². The molecule has 2 aromatic carbocycles. The molecule has 0 saturated carbocycles. The minimum atomic E-state index is -0.997. The number of hydrogen-bond acceptors (Lipinski definition) is 3. The lowest BCUT2D eigenvalue weighted by atomic mass is 10.1. The summed E-state index contributed by atoms with van der Waals surface area (Å²) in [6, 6.07) is 11.2. The predicted molar refractivity (Wildman–Crippen MR) is 104 cm³/mol. The topological polar surface area (TPSA) is 84.2 Å². The van der Waals surface area contributed by atoms with E-state index in [1.54, 1.807) is 36.4 Å². The summed E-state index contributed by atoms with van der Waals surface area (Å²) >= 11 is 0. The molecule has 0 fully saturated rings. The average Bonchev–Trinajstić information content (AvgIpc) is 3.01. The van der Waals surface area contributed by atoms with Crippen molar-refractivity contribution < 1.29 is 19.1 Å². The number of amides is 1. The van der Waals surface area contributed by atoms with Crippen LogP contribution in [0.5, 0.6) is 0 Å². The van der Waals surface area contributed by atoms with Crippen molar-refractivity contribution in [3.05, 3.63) is 65.2 Å². The summed E-state index contributed by atoms with van der Waals surface area (Å²) < 4.78 is 15.7. The summed E-state index contributed by atoms with van der Waals surface area (Å²) in [5.74, 6) is -0.888. The number of benzene rings is 2. The molecule has 0 aliphatic rings. The van der Waals surface area contributed by atoms with Gasteiger partial charge in [0.25, 0.3) is 0 Å². The van der Waals surface area contributed by atoms with Crippen molar-refractivity contribution in [3.8, 4) is 0 Å². The maximum atomic E-state index is 13.7. The summed E-state index contributed by atoms with van der Waals surface area (Å²) in [7, 11) is 0. The van der Waals surface area contributed by atoms with Crippen molar-refractivity contribution in [2.45, 2.75) is 32.7 Å². The first-order valence-corrected chi connectivity index (χ1v) is 9.11. The summed E-state index contributed by atoms with van der Waals surface area (Å²) in [6.45, 7) is 4.40. The molecule has 0 saturated heterocycles. The third-order valence-electron chi connectivity index (χ3n) is 4.51. The van der Waals surface area contributed by atoms with Gasteiger partial charge in [-0.15, -0.1) is 0 Å². The summed E-state index contributed by atoms with van der Waals surface area (Å²) in [4.78, 5) is 27.8. The summed E-state index contributed by atoms with van der Waals surface area (Å²) in [5, 5.41) is 12.0. The number of fused-ring (bicyclic) bond motifs is 1. The number of nitrogens with zero attached hydrogens (tertiary/aromatic N) is 2. The van der Waals surface area contributed by atoms with Crippen molar-refractivity contribution in [1.29, 1.82) is 0 Å². The maximum Gasteiger partial charge on any atom is 0.335 e. The number of rotatable bonds is 7. The number of aromatic nitrogens is 2. The number of carboxylic acids is 1. The van der Waals surface area contributed by atoms with Crippen molar-refractivity contribution in [1.82, 2.24) is 14.9 Å². The van der Waals surface area contributed by atoms with Crippen molar-refractivity contribution in [2.24, 2.45) is 0 Å². The molecule has 2 N–H and O–H groups in total. The van der Waals surface area contributed by atoms with Gasteiger partial charge in [-0.3, -0.25) is 4.79 Å². The number of nitrogens with one attached hydrogen (secondary N) is 1. The third-order valence-corrected chi connectivity index (χ3v) is 4.51. The highest BCUT2D eigenvalue weighted by atomic mass is 19.1. The molecule has 0 spiro atoms. The van der Waals surface area contributed by atoms with Crippen LogP contribution in [0.25, 0.3) is 11.0 Å². The molecule has 6 nitrogen and oxygen atoms in total. The van der Waals surface area contributed by atoms with Gasteiger partial charge in [-0.25, -0.2) is 14.2 Å². The highest BCUT2D eigenvalue weighted by molar-refractivity contribution is 5.92. The Labute approximate surface area is 162 Å². The van der Waals surface area contributed by atoms with Crippen LogP contribution in [0, 0.1) is 5.82 Å². The van der Waals surface area contributed by atoms with Gasteiger partial charge < -0.3 is 15.0 Å². The zero-order chi connectivity index (χ0) is 20.3. The standard InChI is InChI=1S/C21H22FN3O3/c1-13(2)25-18-8-7-15(21(27)28)11-17(18)24-19(25)9-10-23-20(26)12-14-5-3-4-6-16(14)22/h3-8,11,13H,9-10,12H2,1-2H3,(H,23,26)(H,27,28). The zero-order valence-corrected chi connectivity index (χ0v) is 15.8. The van der Waals surface area contributed by atoms with Gasteiger partial charge in [0.15, 0.2) is 0 Å². The summed E-state index contributed by atoms with van der Waals surface area (Å²) in [6.07, 6.45) is 0.466. The molecule has 0 aliphatic heterocycles. The number of imidazole rings is 1. The van der Waals surface area contributed by atoms with E-state index in [9.17, 15) is 14.0 Å². The van der Waals surface area contributed by atoms with Crippen molar-refractivity contribution in [3.63, 3.8) is 0 Å². The second-order valence-electron chi connectivity index (χ2n) is 6.87. The number of halogens is 1. The van der Waals surface area contributed by atoms with Gasteiger partial charge in [0.05, 0.1) is 23.0 Å². The number of carbonyl (C=O) groups is 2. The van der Waals surface area contributed by atoms with Gasteiger partial charge in [0.1, 0.15) is 11.6 Å². The number of carbonyl (C=O) groups excluding carboxylic acids is 1. The lowest BCUT2D eigenvalue weighted by Crippen LogP contribution is -2.28. The van der Waals surface area contributed by atoms with Crippen LogP contribution in [0.2, 0.25) is 0 Å². The van der Waals surface area contributed by atoms with Gasteiger partial charge >= 0.3 is 5.97 Å². The Balaban J connectivity index is 1.71. The van der Waals surface area contributed by atoms with E-state index in [1.165, 1.54) is 6.07 Å². The molecule has 0 aliphatic carbocycles. The van der Waals surface area contributed by atoms with Gasteiger partial charge in [0, 0.05) is 19.0 Å². The zero-order valence-electron chi connectivity index (χ0n) is 15.8. The molecule has 28 heavy (non-hydrogen) atoms. The Morgan fingerprint density at radius 2 is 1.96 bits per heavy atom. The summed E-state index contributed by atoms with van der Waals surface area (Å²) in [5.41, 5.74) is 2.01. The lowest BCUT2D eigenvalue weighted by molar-refractivity contribution is -0.120. The van der Waals surface area contributed by atoms with E-state index in [0.717, 1.165) is 11.3 Å². The van der Waals surface area contributed by atoms with Gasteiger partial charge in [-0.05, 0) is 43.7 Å². The molecule has 0 bridgehead atoms. The molecule has 0 atom stereocenters. The van der Waals surface area contributed by atoms with Crippen LogP contribution in [-0.4, -0.2) is 33.1 Å². The monoisotopic (exact) mass is 383 g/mol. The predicted octanol–water partition coefficient (Wildman–Crippen LogP) is 3.36. The highest BCUT2D eigenvalue weighted by Crippen LogP contribution is 2.22. The molecule has 1 heterocycles. The molecule has 3 rings (SSSR count). The second kappa shape index (κ2) is 8.21. The fourth-order valence-corrected chi connectivity index (χ4v) is 3.23. The second-order valence-corrected chi connectivity index (χ2v) is 6.87. The molecule has 1 aromatic heterocycles. The van der Waals surface area contributed by atoms with E-state index in [2.05, 4.69) is 10.3 Å². The van der Waals surface area contributed by atoms with Gasteiger partial charge in [-0.2, -0.15) is 0 Å². The van der Waals surface area contributed by atoms with E-state index in [1.807, 2.05) is 18.4 Å². The maximum absolute atomic E-state index is 13.7. The van der Waals surface area contributed by atoms with Crippen molar-refractivity contribution in [2.75, 3.05) is 6.54 Å². The Hall–Kier alpha value is -3.22. The van der Waals surface area contributed by atoms with E-state index in [-0.39, 0.29) is 23.9 Å². The van der Waals surface area contributed by atoms with Crippen LogP contribution < -0.4 is 5.32 Å². The van der Waals surface area contributed by atoms with Gasteiger partial charge in [0.2, 0.25) is 5.91 Å². The Bertz CT molecular complexity index is 1030. The number of carboxylic acid groups (broad SMARTS) is 1. The first kappa shape index (κ1) is 19.5. The molecular weight excluding hydrogens is 361 g/mol.